The molecule has 0 rings (SSSR count). The lowest BCUT2D eigenvalue weighted by Gasteiger charge is -2.24. The van der Waals surface area contributed by atoms with Gasteiger partial charge in [0.1, 0.15) is 0 Å². The van der Waals surface area contributed by atoms with E-state index in [0.29, 0.717) is 6.92 Å². The largest absolute Gasteiger partial charge is 0.412 e. The van der Waals surface area contributed by atoms with Crippen LogP contribution in [0.3, 0.4) is 0 Å². The minimum absolute atomic E-state index is 0. The van der Waals surface area contributed by atoms with Gasteiger partial charge in [-0.25, -0.2) is 0 Å². The van der Waals surface area contributed by atoms with Gasteiger partial charge in [-0.2, -0.15) is 0 Å². The fourth-order valence-electron chi connectivity index (χ4n) is 0.170. The van der Waals surface area contributed by atoms with Gasteiger partial charge in [0.25, 0.3) is 5.08 Å². The highest BCUT2D eigenvalue weighted by atomic mass is 31.2. The third-order valence-electron chi connectivity index (χ3n) is 1.10. The Morgan fingerprint density at radius 1 is 0.800 bits per heavy atom. The summed E-state index contributed by atoms with van der Waals surface area (Å²) in [6.45, 7) is 0.383. The standard InChI is InChI=1S/C2H8O7P2.4H2O/c1-2(3,10(4,5)6)11(7,8)9;;;;/h3H,1H3,(H2,4,5,6)(H2,7,8,9);4*1H2. The van der Waals surface area contributed by atoms with E-state index in [1.54, 1.807) is 0 Å². The topological polar surface area (TPSA) is 261 Å². The Labute approximate surface area is 83.9 Å². The van der Waals surface area contributed by atoms with Crippen molar-refractivity contribution in [2.45, 2.75) is 12.0 Å². The van der Waals surface area contributed by atoms with Crippen LogP contribution in [0.1, 0.15) is 6.92 Å². The molecule has 11 nitrogen and oxygen atoms in total. The summed E-state index contributed by atoms with van der Waals surface area (Å²) in [6.07, 6.45) is 0. The van der Waals surface area contributed by atoms with E-state index in [-0.39, 0.29) is 21.9 Å². The molecule has 15 heavy (non-hydrogen) atoms. The molecule has 0 bridgehead atoms. The van der Waals surface area contributed by atoms with Gasteiger partial charge in [0.05, 0.1) is 0 Å². The molecule has 0 saturated heterocycles. The molecule has 0 aromatic rings. The molecule has 0 radical (unpaired) electrons. The predicted molar refractivity (Wildman–Crippen MR) is 49.2 cm³/mol. The van der Waals surface area contributed by atoms with E-state index in [9.17, 15) is 9.13 Å². The van der Waals surface area contributed by atoms with Gasteiger partial charge in [0.15, 0.2) is 0 Å². The van der Waals surface area contributed by atoms with E-state index in [1.165, 1.54) is 0 Å². The fraction of sp³-hybridized carbons (Fsp3) is 1.00. The van der Waals surface area contributed by atoms with Crippen molar-refractivity contribution in [3.05, 3.63) is 0 Å². The molecule has 0 fully saturated rings. The monoisotopic (exact) mass is 278 g/mol. The van der Waals surface area contributed by atoms with Crippen LogP contribution in [-0.2, 0) is 9.13 Å². The SMILES string of the molecule is CC(O)(P(=O)(O)O)P(=O)(O)O.O.O.O.O. The molecule has 13 heteroatoms. The third-order valence-corrected chi connectivity index (χ3v) is 4.87. The zero-order valence-electron chi connectivity index (χ0n) is 7.45. The second kappa shape index (κ2) is 7.39. The van der Waals surface area contributed by atoms with Gasteiger partial charge in [0.2, 0.25) is 0 Å². The minimum Gasteiger partial charge on any atom is -0.412 e. The van der Waals surface area contributed by atoms with Gasteiger partial charge < -0.3 is 46.6 Å². The van der Waals surface area contributed by atoms with Crippen LogP contribution >= 0.6 is 15.2 Å². The minimum atomic E-state index is -5.20. The van der Waals surface area contributed by atoms with Crippen molar-refractivity contribution in [1.29, 1.82) is 0 Å². The van der Waals surface area contributed by atoms with Crippen molar-refractivity contribution in [3.63, 3.8) is 0 Å². The maximum atomic E-state index is 10.3. The van der Waals surface area contributed by atoms with E-state index < -0.39 is 20.3 Å². The highest BCUT2D eigenvalue weighted by molar-refractivity contribution is 7.71. The molecule has 0 heterocycles. The summed E-state index contributed by atoms with van der Waals surface area (Å²) in [7, 11) is -10.4. The Morgan fingerprint density at radius 3 is 0.933 bits per heavy atom. The number of aliphatic hydroxyl groups is 1. The summed E-state index contributed by atoms with van der Waals surface area (Å²) in [5, 5.41) is 5.37. The van der Waals surface area contributed by atoms with Crippen LogP contribution in [0, 0.1) is 0 Å². The lowest BCUT2D eigenvalue weighted by Crippen LogP contribution is -2.23. The second-order valence-corrected chi connectivity index (χ2v) is 6.33. The molecule has 0 aliphatic rings. The lowest BCUT2D eigenvalue weighted by molar-refractivity contribution is 0.146. The summed E-state index contributed by atoms with van der Waals surface area (Å²) < 4.78 is 20.5. The fourth-order valence-corrected chi connectivity index (χ4v) is 1.53. The number of hydrogen-bond acceptors (Lipinski definition) is 3. The van der Waals surface area contributed by atoms with Crippen molar-refractivity contribution < 1.29 is 55.7 Å². The smallest absolute Gasteiger partial charge is 0.369 e. The molecule has 0 atom stereocenters. The Hall–Kier alpha value is 0.100. The van der Waals surface area contributed by atoms with Crippen LogP contribution < -0.4 is 0 Å². The molecule has 100 valence electrons. The van der Waals surface area contributed by atoms with Crippen LogP contribution in [0.4, 0.5) is 0 Å². The van der Waals surface area contributed by atoms with Crippen molar-refractivity contribution in [2.75, 3.05) is 0 Å². The first-order chi connectivity index (χ1) is 4.50. The molecule has 0 aliphatic heterocycles. The van der Waals surface area contributed by atoms with Crippen molar-refractivity contribution in [2.24, 2.45) is 0 Å². The Bertz CT molecular complexity index is 209. The Balaban J connectivity index is -0.0000000833. The van der Waals surface area contributed by atoms with Crippen LogP contribution in [0.5, 0.6) is 0 Å². The third kappa shape index (κ3) is 6.30. The van der Waals surface area contributed by atoms with Crippen molar-refractivity contribution in [1.82, 2.24) is 0 Å². The molecule has 0 saturated carbocycles. The Kier molecular flexibility index (Phi) is 14.5. The maximum Gasteiger partial charge on any atom is 0.369 e. The van der Waals surface area contributed by atoms with Gasteiger partial charge in [-0.15, -0.1) is 0 Å². The highest BCUT2D eigenvalue weighted by Gasteiger charge is 2.55. The van der Waals surface area contributed by atoms with E-state index >= 15 is 0 Å². The highest BCUT2D eigenvalue weighted by Crippen LogP contribution is 2.66. The number of hydrogen-bond donors (Lipinski definition) is 5. The molecule has 0 aliphatic carbocycles. The van der Waals surface area contributed by atoms with E-state index in [4.69, 9.17) is 24.7 Å². The average molecular weight is 278 g/mol. The second-order valence-electron chi connectivity index (χ2n) is 2.06. The summed E-state index contributed by atoms with van der Waals surface area (Å²) in [4.78, 5) is 33.0. The van der Waals surface area contributed by atoms with Gasteiger partial charge in [-0.3, -0.25) is 9.13 Å². The number of rotatable bonds is 2. The van der Waals surface area contributed by atoms with Gasteiger partial charge in [-0.05, 0) is 6.92 Å². The average Bonchev–Trinajstić information content (AvgIpc) is 1.58. The first kappa shape index (κ1) is 29.4. The molecule has 0 unspecified atom stereocenters. The zero-order chi connectivity index (χ0) is 9.50. The van der Waals surface area contributed by atoms with Crippen LogP contribution in [0.2, 0.25) is 0 Å². The van der Waals surface area contributed by atoms with Crippen LogP contribution in [0.25, 0.3) is 0 Å². The van der Waals surface area contributed by atoms with Crippen molar-refractivity contribution >= 4 is 15.2 Å². The first-order valence-corrected chi connectivity index (χ1v) is 5.56. The summed E-state index contributed by atoms with van der Waals surface area (Å²) in [5.74, 6) is 0. The first-order valence-electron chi connectivity index (χ1n) is 2.34. The lowest BCUT2D eigenvalue weighted by atomic mass is 10.9. The van der Waals surface area contributed by atoms with Crippen LogP contribution in [-0.4, -0.2) is 51.7 Å². The zero-order valence-corrected chi connectivity index (χ0v) is 9.24. The Morgan fingerprint density at radius 2 is 0.933 bits per heavy atom. The normalized spacial score (nSPS) is 11.1. The van der Waals surface area contributed by atoms with Gasteiger partial charge >= 0.3 is 15.2 Å². The van der Waals surface area contributed by atoms with Crippen molar-refractivity contribution in [3.8, 4) is 0 Å². The molecular weight excluding hydrogens is 262 g/mol. The summed E-state index contributed by atoms with van der Waals surface area (Å²) in [5.41, 5.74) is 0. The molecule has 0 aromatic heterocycles. The molecular formula is C2H16O11P2. The maximum absolute atomic E-state index is 10.3. The predicted octanol–water partition coefficient (Wildman–Crippen LogP) is -4.29. The molecule has 0 amide bonds. The van der Waals surface area contributed by atoms with Crippen LogP contribution in [0.15, 0.2) is 0 Å². The molecule has 0 aromatic carbocycles. The summed E-state index contributed by atoms with van der Waals surface area (Å²) in [6, 6.07) is 0. The van der Waals surface area contributed by atoms with Gasteiger partial charge in [-0.1, -0.05) is 0 Å². The molecule has 0 spiro atoms. The van der Waals surface area contributed by atoms with E-state index in [2.05, 4.69) is 0 Å². The molecule has 13 N–H and O–H groups in total. The van der Waals surface area contributed by atoms with Gasteiger partial charge in [0, 0.05) is 0 Å². The van der Waals surface area contributed by atoms with E-state index in [1.807, 2.05) is 0 Å². The summed E-state index contributed by atoms with van der Waals surface area (Å²) >= 11 is 0. The quantitative estimate of drug-likeness (QED) is 0.309. The van der Waals surface area contributed by atoms with E-state index in [0.717, 1.165) is 0 Å².